The average molecular weight is 341 g/mol. The molecule has 144 valence electrons. The summed E-state index contributed by atoms with van der Waals surface area (Å²) in [5.41, 5.74) is 0.135. The van der Waals surface area contributed by atoms with Crippen LogP contribution in [0.5, 0.6) is 0 Å². The zero-order chi connectivity index (χ0) is 17.3. The van der Waals surface area contributed by atoms with Crippen LogP contribution in [0.3, 0.4) is 0 Å². The Bertz CT molecular complexity index is 255. The van der Waals surface area contributed by atoms with Gasteiger partial charge in [0, 0.05) is 5.41 Å². The molecule has 0 atom stereocenters. The lowest BCUT2D eigenvalue weighted by Crippen LogP contribution is -2.45. The molecule has 24 heavy (non-hydrogen) atoms. The molecular formula is C22H44O2. The first kappa shape index (κ1) is 22.0. The summed E-state index contributed by atoms with van der Waals surface area (Å²) in [5, 5.41) is 9.38. The van der Waals surface area contributed by atoms with Gasteiger partial charge in [0.1, 0.15) is 0 Å². The van der Waals surface area contributed by atoms with E-state index >= 15 is 0 Å². The number of ether oxygens (including phenoxy) is 1. The van der Waals surface area contributed by atoms with Crippen molar-refractivity contribution in [2.24, 2.45) is 5.41 Å². The summed E-state index contributed by atoms with van der Waals surface area (Å²) >= 11 is 0. The molecule has 1 rings (SSSR count). The maximum absolute atomic E-state index is 9.38. The van der Waals surface area contributed by atoms with Gasteiger partial charge in [0.15, 0.2) is 0 Å². The zero-order valence-electron chi connectivity index (χ0n) is 16.5. The van der Waals surface area contributed by atoms with Crippen molar-refractivity contribution in [3.63, 3.8) is 0 Å². The highest BCUT2D eigenvalue weighted by Crippen LogP contribution is 2.32. The third-order valence-electron chi connectivity index (χ3n) is 5.71. The summed E-state index contributed by atoms with van der Waals surface area (Å²) < 4.78 is 5.25. The highest BCUT2D eigenvalue weighted by atomic mass is 16.5. The van der Waals surface area contributed by atoms with E-state index in [1.54, 1.807) is 0 Å². The first-order chi connectivity index (χ1) is 11.8. The van der Waals surface area contributed by atoms with Crippen LogP contribution in [0.2, 0.25) is 0 Å². The standard InChI is InChI=1S/C22H44O2/c1-2-3-4-5-6-7-8-9-10-11-12-13-14-15-16-17-18-22(19-23)20-24-21-22/h23H,2-21H2,1H3. The molecule has 2 nitrogen and oxygen atoms in total. The summed E-state index contributed by atoms with van der Waals surface area (Å²) in [5.74, 6) is 0. The van der Waals surface area contributed by atoms with Crippen LogP contribution in [0.15, 0.2) is 0 Å². The van der Waals surface area contributed by atoms with Crippen molar-refractivity contribution in [3.8, 4) is 0 Å². The Morgan fingerprint density at radius 1 is 0.625 bits per heavy atom. The predicted molar refractivity (Wildman–Crippen MR) is 105 cm³/mol. The molecular weight excluding hydrogens is 296 g/mol. The van der Waals surface area contributed by atoms with Crippen LogP contribution in [0, 0.1) is 5.41 Å². The van der Waals surface area contributed by atoms with E-state index in [0.717, 1.165) is 19.6 Å². The molecule has 0 aromatic rings. The van der Waals surface area contributed by atoms with Gasteiger partial charge in [0.2, 0.25) is 0 Å². The largest absolute Gasteiger partial charge is 0.396 e. The first-order valence-corrected chi connectivity index (χ1v) is 11.0. The fourth-order valence-electron chi connectivity index (χ4n) is 3.75. The van der Waals surface area contributed by atoms with Crippen LogP contribution in [0.25, 0.3) is 0 Å². The number of aliphatic hydroxyl groups is 1. The molecule has 1 aliphatic heterocycles. The van der Waals surface area contributed by atoms with E-state index in [1.807, 2.05) is 0 Å². The van der Waals surface area contributed by atoms with Crippen molar-refractivity contribution >= 4 is 0 Å². The van der Waals surface area contributed by atoms with Gasteiger partial charge in [-0.3, -0.25) is 0 Å². The minimum absolute atomic E-state index is 0.135. The molecule has 1 saturated heterocycles. The van der Waals surface area contributed by atoms with E-state index in [4.69, 9.17) is 4.74 Å². The van der Waals surface area contributed by atoms with Gasteiger partial charge in [-0.05, 0) is 6.42 Å². The fraction of sp³-hybridized carbons (Fsp3) is 1.00. The maximum Gasteiger partial charge on any atom is 0.0566 e. The number of unbranched alkanes of at least 4 members (excludes halogenated alkanes) is 15. The van der Waals surface area contributed by atoms with E-state index < -0.39 is 0 Å². The number of hydrogen-bond donors (Lipinski definition) is 1. The molecule has 0 bridgehead atoms. The second-order valence-electron chi connectivity index (χ2n) is 8.20. The molecule has 0 spiro atoms. The van der Waals surface area contributed by atoms with Crippen LogP contribution >= 0.6 is 0 Å². The zero-order valence-corrected chi connectivity index (χ0v) is 16.5. The number of rotatable bonds is 18. The SMILES string of the molecule is CCCCCCCCCCCCCCCCCCC1(CO)COC1. The van der Waals surface area contributed by atoms with E-state index in [0.29, 0.717) is 6.61 Å². The van der Waals surface area contributed by atoms with Gasteiger partial charge in [-0.2, -0.15) is 0 Å². The Balaban J connectivity index is 1.69. The topological polar surface area (TPSA) is 29.5 Å². The van der Waals surface area contributed by atoms with Gasteiger partial charge in [-0.1, -0.05) is 110 Å². The van der Waals surface area contributed by atoms with Crippen molar-refractivity contribution < 1.29 is 9.84 Å². The van der Waals surface area contributed by atoms with Gasteiger partial charge in [0.25, 0.3) is 0 Å². The van der Waals surface area contributed by atoms with Gasteiger partial charge >= 0.3 is 0 Å². The average Bonchev–Trinajstić information content (AvgIpc) is 2.56. The highest BCUT2D eigenvalue weighted by Gasteiger charge is 2.36. The van der Waals surface area contributed by atoms with Crippen molar-refractivity contribution in [1.29, 1.82) is 0 Å². The number of aliphatic hydroxyl groups excluding tert-OH is 1. The van der Waals surface area contributed by atoms with Gasteiger partial charge in [-0.25, -0.2) is 0 Å². The van der Waals surface area contributed by atoms with E-state index in [2.05, 4.69) is 6.92 Å². The summed E-state index contributed by atoms with van der Waals surface area (Å²) in [6.07, 6.45) is 23.8. The molecule has 0 aromatic carbocycles. The number of hydrogen-bond acceptors (Lipinski definition) is 2. The van der Waals surface area contributed by atoms with E-state index in [1.165, 1.54) is 103 Å². The molecule has 1 heterocycles. The van der Waals surface area contributed by atoms with E-state index in [9.17, 15) is 5.11 Å². The Morgan fingerprint density at radius 2 is 1.00 bits per heavy atom. The van der Waals surface area contributed by atoms with Crippen LogP contribution < -0.4 is 0 Å². The molecule has 0 aliphatic carbocycles. The Kier molecular flexibility index (Phi) is 13.9. The van der Waals surface area contributed by atoms with Crippen molar-refractivity contribution in [2.45, 2.75) is 116 Å². The van der Waals surface area contributed by atoms with Crippen LogP contribution in [0.4, 0.5) is 0 Å². The second kappa shape index (κ2) is 15.2. The molecule has 0 unspecified atom stereocenters. The molecule has 0 saturated carbocycles. The van der Waals surface area contributed by atoms with Crippen molar-refractivity contribution in [1.82, 2.24) is 0 Å². The summed E-state index contributed by atoms with van der Waals surface area (Å²) in [7, 11) is 0. The fourth-order valence-corrected chi connectivity index (χ4v) is 3.75. The molecule has 0 amide bonds. The van der Waals surface area contributed by atoms with Gasteiger partial charge < -0.3 is 9.84 Å². The quantitative estimate of drug-likeness (QED) is 0.283. The first-order valence-electron chi connectivity index (χ1n) is 11.0. The minimum atomic E-state index is 0.135. The molecule has 1 N–H and O–H groups in total. The Morgan fingerprint density at radius 3 is 1.29 bits per heavy atom. The minimum Gasteiger partial charge on any atom is -0.396 e. The molecule has 2 heteroatoms. The maximum atomic E-state index is 9.38. The highest BCUT2D eigenvalue weighted by molar-refractivity contribution is 4.84. The third kappa shape index (κ3) is 10.7. The van der Waals surface area contributed by atoms with Gasteiger partial charge in [-0.15, -0.1) is 0 Å². The van der Waals surface area contributed by atoms with Crippen LogP contribution in [-0.4, -0.2) is 24.9 Å². The summed E-state index contributed by atoms with van der Waals surface area (Å²) in [6.45, 7) is 4.16. The van der Waals surface area contributed by atoms with E-state index in [-0.39, 0.29) is 5.41 Å². The summed E-state index contributed by atoms with van der Waals surface area (Å²) in [6, 6.07) is 0. The Hall–Kier alpha value is -0.0800. The smallest absolute Gasteiger partial charge is 0.0566 e. The lowest BCUT2D eigenvalue weighted by molar-refractivity contribution is -0.141. The van der Waals surface area contributed by atoms with Gasteiger partial charge in [0.05, 0.1) is 19.8 Å². The molecule has 0 aromatic heterocycles. The normalized spacial score (nSPS) is 16.2. The molecule has 1 fully saturated rings. The Labute approximate surface area is 151 Å². The molecule has 1 aliphatic rings. The van der Waals surface area contributed by atoms with Crippen molar-refractivity contribution in [3.05, 3.63) is 0 Å². The summed E-state index contributed by atoms with van der Waals surface area (Å²) in [4.78, 5) is 0. The van der Waals surface area contributed by atoms with Crippen LogP contribution in [0.1, 0.15) is 116 Å². The van der Waals surface area contributed by atoms with Crippen LogP contribution in [-0.2, 0) is 4.74 Å². The van der Waals surface area contributed by atoms with Crippen molar-refractivity contribution in [2.75, 3.05) is 19.8 Å². The third-order valence-corrected chi connectivity index (χ3v) is 5.71. The lowest BCUT2D eigenvalue weighted by atomic mass is 9.81. The lowest BCUT2D eigenvalue weighted by Gasteiger charge is -2.40. The monoisotopic (exact) mass is 340 g/mol. The predicted octanol–water partition coefficient (Wildman–Crippen LogP) is 6.65. The second-order valence-corrected chi connectivity index (χ2v) is 8.20. The molecule has 0 radical (unpaired) electrons.